The van der Waals surface area contributed by atoms with Crippen LogP contribution in [0.1, 0.15) is 22.6 Å². The predicted molar refractivity (Wildman–Crippen MR) is 118 cm³/mol. The molecule has 0 fully saturated rings. The summed E-state index contributed by atoms with van der Waals surface area (Å²) in [5.41, 5.74) is 1.21. The number of anilines is 1. The minimum Gasteiger partial charge on any atom is -0.497 e. The molecule has 0 bridgehead atoms. The minimum absolute atomic E-state index is 0.144. The number of hydrogen-bond donors (Lipinski definition) is 1. The van der Waals surface area contributed by atoms with Crippen molar-refractivity contribution in [3.63, 3.8) is 0 Å². The fourth-order valence-corrected chi connectivity index (χ4v) is 2.80. The number of amides is 1. The first-order valence-electron chi connectivity index (χ1n) is 9.38. The van der Waals surface area contributed by atoms with Gasteiger partial charge in [-0.15, -0.1) is 0 Å². The van der Waals surface area contributed by atoms with E-state index in [1.54, 1.807) is 50.5 Å². The summed E-state index contributed by atoms with van der Waals surface area (Å²) in [5.74, 6) is 0.269. The number of aromatic nitrogens is 1. The lowest BCUT2D eigenvalue weighted by molar-refractivity contribution is -0.385. The molecule has 9 heteroatoms. The van der Waals surface area contributed by atoms with Gasteiger partial charge in [0, 0.05) is 6.07 Å². The van der Waals surface area contributed by atoms with Crippen LogP contribution in [0.2, 0.25) is 0 Å². The molecular formula is C23H18N4O5. The van der Waals surface area contributed by atoms with E-state index in [-0.39, 0.29) is 22.6 Å². The topological polar surface area (TPSA) is 131 Å². The molecule has 3 aromatic rings. The van der Waals surface area contributed by atoms with Gasteiger partial charge < -0.3 is 14.6 Å². The van der Waals surface area contributed by atoms with Gasteiger partial charge in [0.1, 0.15) is 28.8 Å². The van der Waals surface area contributed by atoms with Crippen LogP contribution < -0.4 is 10.1 Å². The van der Waals surface area contributed by atoms with Gasteiger partial charge in [-0.2, -0.15) is 5.26 Å². The second-order valence-electron chi connectivity index (χ2n) is 6.55. The molecule has 0 spiro atoms. The first kappa shape index (κ1) is 22.0. The molecule has 2 aromatic carbocycles. The number of ether oxygens (including phenoxy) is 1. The second-order valence-corrected chi connectivity index (χ2v) is 6.55. The van der Waals surface area contributed by atoms with Crippen LogP contribution in [-0.4, -0.2) is 23.1 Å². The highest BCUT2D eigenvalue weighted by molar-refractivity contribution is 6.10. The summed E-state index contributed by atoms with van der Waals surface area (Å²) in [6.07, 6.45) is 4.57. The van der Waals surface area contributed by atoms with Crippen LogP contribution in [0.3, 0.4) is 0 Å². The van der Waals surface area contributed by atoms with Crippen LogP contribution in [0.5, 0.6) is 5.75 Å². The predicted octanol–water partition coefficient (Wildman–Crippen LogP) is 4.62. The number of nitro benzene ring substituents is 1. The Labute approximate surface area is 183 Å². The summed E-state index contributed by atoms with van der Waals surface area (Å²) in [7, 11) is 1.58. The molecule has 0 atom stereocenters. The number of methoxy groups -OCH3 is 1. The van der Waals surface area contributed by atoms with Crippen LogP contribution in [0, 0.1) is 28.4 Å². The van der Waals surface area contributed by atoms with Crippen LogP contribution in [0.4, 0.5) is 11.4 Å². The molecule has 0 unspecified atom stereocenters. The number of rotatable bonds is 7. The van der Waals surface area contributed by atoms with E-state index < -0.39 is 10.8 Å². The lowest BCUT2D eigenvalue weighted by Crippen LogP contribution is -2.14. The number of nitrogens with one attached hydrogen (secondary N) is 1. The summed E-state index contributed by atoms with van der Waals surface area (Å²) < 4.78 is 10.4. The van der Waals surface area contributed by atoms with Crippen LogP contribution in [-0.2, 0) is 4.79 Å². The summed E-state index contributed by atoms with van der Waals surface area (Å²) in [6.45, 7) is 1.64. The molecule has 160 valence electrons. The van der Waals surface area contributed by atoms with Gasteiger partial charge in [0.05, 0.1) is 17.6 Å². The van der Waals surface area contributed by atoms with Crippen molar-refractivity contribution in [1.82, 2.24) is 5.16 Å². The molecular weight excluding hydrogens is 412 g/mol. The smallest absolute Gasteiger partial charge is 0.276 e. The molecule has 1 N–H and O–H groups in total. The van der Waals surface area contributed by atoms with Crippen molar-refractivity contribution < 1.29 is 19.0 Å². The number of nitro groups is 1. The maximum absolute atomic E-state index is 12.7. The van der Waals surface area contributed by atoms with Gasteiger partial charge in [-0.3, -0.25) is 14.9 Å². The lowest BCUT2D eigenvalue weighted by atomic mass is 10.1. The van der Waals surface area contributed by atoms with Gasteiger partial charge in [0.15, 0.2) is 5.76 Å². The normalized spacial score (nSPS) is 11.2. The van der Waals surface area contributed by atoms with Gasteiger partial charge in [-0.05, 0) is 42.8 Å². The largest absolute Gasteiger partial charge is 0.497 e. The van der Waals surface area contributed by atoms with Gasteiger partial charge in [0.2, 0.25) is 0 Å². The van der Waals surface area contributed by atoms with E-state index in [1.807, 2.05) is 12.1 Å². The Bertz CT molecular complexity index is 1250. The van der Waals surface area contributed by atoms with Gasteiger partial charge >= 0.3 is 0 Å². The van der Waals surface area contributed by atoms with Crippen molar-refractivity contribution in [2.45, 2.75) is 6.92 Å². The van der Waals surface area contributed by atoms with E-state index in [4.69, 9.17) is 9.26 Å². The highest BCUT2D eigenvalue weighted by Crippen LogP contribution is 2.25. The molecule has 32 heavy (non-hydrogen) atoms. The van der Waals surface area contributed by atoms with Crippen molar-refractivity contribution in [2.24, 2.45) is 0 Å². The summed E-state index contributed by atoms with van der Waals surface area (Å²) in [4.78, 5) is 23.3. The number of hydrogen-bond acceptors (Lipinski definition) is 7. The molecule has 1 heterocycles. The van der Waals surface area contributed by atoms with Crippen molar-refractivity contribution in [1.29, 1.82) is 5.26 Å². The average Bonchev–Trinajstić information content (AvgIpc) is 3.15. The Hall–Kier alpha value is -4.71. The molecule has 0 aliphatic carbocycles. The number of carbonyl (C=O) groups excluding carboxylic acids is 1. The number of aryl methyl sites for hydroxylation is 1. The van der Waals surface area contributed by atoms with Crippen molar-refractivity contribution in [3.05, 3.63) is 86.8 Å². The van der Waals surface area contributed by atoms with Crippen molar-refractivity contribution in [2.75, 3.05) is 12.4 Å². The zero-order chi connectivity index (χ0) is 23.1. The molecule has 1 aromatic heterocycles. The SMILES string of the molecule is COc1ccc(/C=C/c2onc(C)c2NC(=O)/C(C#N)=C/c2ccccc2[N+](=O)[O-])cc1. The lowest BCUT2D eigenvalue weighted by Gasteiger charge is -2.04. The Balaban J connectivity index is 1.84. The van der Waals surface area contributed by atoms with Crippen molar-refractivity contribution in [3.8, 4) is 11.8 Å². The molecule has 0 saturated heterocycles. The Morgan fingerprint density at radius 3 is 2.59 bits per heavy atom. The molecule has 9 nitrogen and oxygen atoms in total. The number of nitriles is 1. The van der Waals surface area contributed by atoms with Crippen LogP contribution in [0.15, 0.2) is 58.6 Å². The zero-order valence-electron chi connectivity index (χ0n) is 17.2. The van der Waals surface area contributed by atoms with Gasteiger partial charge in [0.25, 0.3) is 11.6 Å². The van der Waals surface area contributed by atoms with Crippen molar-refractivity contribution >= 4 is 35.5 Å². The Morgan fingerprint density at radius 1 is 1.22 bits per heavy atom. The van der Waals surface area contributed by atoms with E-state index in [0.29, 0.717) is 11.4 Å². The molecule has 0 saturated carbocycles. The first-order chi connectivity index (χ1) is 15.4. The highest BCUT2D eigenvalue weighted by atomic mass is 16.6. The molecule has 0 radical (unpaired) electrons. The number of benzene rings is 2. The quantitative estimate of drug-likeness (QED) is 0.250. The van der Waals surface area contributed by atoms with E-state index in [2.05, 4.69) is 10.5 Å². The highest BCUT2D eigenvalue weighted by Gasteiger charge is 2.19. The van der Waals surface area contributed by atoms with E-state index in [0.717, 1.165) is 11.3 Å². The van der Waals surface area contributed by atoms with E-state index >= 15 is 0 Å². The number of nitrogens with zero attached hydrogens (tertiary/aromatic N) is 3. The maximum atomic E-state index is 12.7. The molecule has 0 aliphatic heterocycles. The Morgan fingerprint density at radius 2 is 1.94 bits per heavy atom. The summed E-state index contributed by atoms with van der Waals surface area (Å²) in [6, 6.07) is 14.9. The number of para-hydroxylation sites is 1. The van der Waals surface area contributed by atoms with Crippen LogP contribution in [0.25, 0.3) is 18.2 Å². The minimum atomic E-state index is -0.740. The third-order valence-electron chi connectivity index (χ3n) is 4.47. The van der Waals surface area contributed by atoms with E-state index in [9.17, 15) is 20.2 Å². The standard InChI is InChI=1S/C23H18N4O5/c1-15-22(21(32-26-15)12-9-16-7-10-19(31-2)11-8-16)25-23(28)18(14-24)13-17-5-3-4-6-20(17)27(29)30/h3-13H,1-2H3,(H,25,28)/b12-9+,18-13+. The molecule has 3 rings (SSSR count). The summed E-state index contributed by atoms with van der Waals surface area (Å²) in [5, 5.41) is 27.1. The monoisotopic (exact) mass is 430 g/mol. The van der Waals surface area contributed by atoms with Gasteiger partial charge in [-0.25, -0.2) is 0 Å². The fourth-order valence-electron chi connectivity index (χ4n) is 2.80. The van der Waals surface area contributed by atoms with Gasteiger partial charge in [-0.1, -0.05) is 35.5 Å². The third-order valence-corrected chi connectivity index (χ3v) is 4.47. The molecule has 1 amide bonds. The maximum Gasteiger partial charge on any atom is 0.276 e. The third kappa shape index (κ3) is 5.06. The van der Waals surface area contributed by atoms with E-state index in [1.165, 1.54) is 24.3 Å². The second kappa shape index (κ2) is 9.86. The number of carbonyl (C=O) groups is 1. The van der Waals surface area contributed by atoms with Crippen LogP contribution >= 0.6 is 0 Å². The Kier molecular flexibility index (Phi) is 6.78. The fraction of sp³-hybridized carbons (Fsp3) is 0.0870. The molecule has 0 aliphatic rings. The zero-order valence-corrected chi connectivity index (χ0v) is 17.2. The first-order valence-corrected chi connectivity index (χ1v) is 9.38. The average molecular weight is 430 g/mol. The summed E-state index contributed by atoms with van der Waals surface area (Å²) >= 11 is 0.